The van der Waals surface area contributed by atoms with Crippen molar-refractivity contribution in [3.63, 3.8) is 0 Å². The Morgan fingerprint density at radius 2 is 0.968 bits per heavy atom. The molecule has 0 aliphatic heterocycles. The van der Waals surface area contributed by atoms with Crippen molar-refractivity contribution in [2.75, 3.05) is 38.0 Å². The second kappa shape index (κ2) is 11.9. The molecule has 0 spiro atoms. The summed E-state index contributed by atoms with van der Waals surface area (Å²) in [6.45, 7) is 0. The molecule has 0 fully saturated rings. The first-order chi connectivity index (χ1) is 14.9. The van der Waals surface area contributed by atoms with Gasteiger partial charge in [0, 0.05) is 0 Å². The van der Waals surface area contributed by atoms with Crippen molar-refractivity contribution in [1.29, 1.82) is 0 Å². The van der Waals surface area contributed by atoms with E-state index in [1.165, 1.54) is 21.5 Å². The van der Waals surface area contributed by atoms with E-state index in [1.54, 1.807) is 0 Å². The van der Waals surface area contributed by atoms with Crippen LogP contribution in [0.2, 0.25) is 0 Å². The van der Waals surface area contributed by atoms with Gasteiger partial charge < -0.3 is 0 Å². The third kappa shape index (κ3) is 5.72. The van der Waals surface area contributed by atoms with Crippen LogP contribution in [0.4, 0.5) is 11.4 Å². The van der Waals surface area contributed by atoms with Gasteiger partial charge in [0.05, 0.1) is 0 Å². The summed E-state index contributed by atoms with van der Waals surface area (Å²) in [5.74, 6) is 0. The Hall–Kier alpha value is -0.0604. The number of nitrogens with zero attached hydrogens (tertiary/aromatic N) is 2. The number of hydrogen-bond donors (Lipinski definition) is 1. The molecular formula is C24H25I3N2OTe. The molecule has 0 heterocycles. The molecular weight excluding hydrogens is 841 g/mol. The van der Waals surface area contributed by atoms with Crippen LogP contribution < -0.4 is 30.3 Å². The summed E-state index contributed by atoms with van der Waals surface area (Å²) in [7, 11) is 8.24. The predicted octanol–water partition coefficient (Wildman–Crippen LogP) is 2.00. The van der Waals surface area contributed by atoms with E-state index in [0.717, 1.165) is 18.6 Å². The van der Waals surface area contributed by atoms with Gasteiger partial charge in [-0.05, 0) is 0 Å². The molecule has 0 amide bonds. The van der Waals surface area contributed by atoms with Crippen LogP contribution >= 0.6 is 37.2 Å². The number of rotatable bonds is 4. The number of benzene rings is 4. The van der Waals surface area contributed by atoms with Gasteiger partial charge in [-0.1, -0.05) is 0 Å². The monoisotopic (exact) mass is 868 g/mol. The molecule has 0 radical (unpaired) electrons. The van der Waals surface area contributed by atoms with E-state index in [9.17, 15) is 3.47 Å². The Bertz CT molecular complexity index is 1080. The van der Waals surface area contributed by atoms with Crippen LogP contribution in [-0.4, -0.2) is 51.6 Å². The van der Waals surface area contributed by atoms with Crippen molar-refractivity contribution in [3.8, 4) is 0 Å². The standard InChI is InChI=1S/C24H25N2OTe.I3/c1-25(2)19-13-5-9-17-11-7-15-21(23(17)19)28(27)22-16-8-12-18-10-6-14-20(24(18)22)26(3)4;1-3-2/h5-16,27H,1-4H3;/q+1;-1. The summed E-state index contributed by atoms with van der Waals surface area (Å²) in [6, 6.07) is 25.3. The van der Waals surface area contributed by atoms with E-state index in [-0.39, 0.29) is 0 Å². The first-order valence-corrected chi connectivity index (χ1v) is 25.5. The van der Waals surface area contributed by atoms with E-state index in [1.807, 2.05) is 0 Å². The number of fused-ring (bicyclic) bond motifs is 2. The Morgan fingerprint density at radius 1 is 0.645 bits per heavy atom. The first kappa shape index (κ1) is 25.6. The van der Waals surface area contributed by atoms with Crippen molar-refractivity contribution < 1.29 is 16.7 Å². The molecule has 3 nitrogen and oxygen atoms in total. The molecule has 0 saturated heterocycles. The Labute approximate surface area is 222 Å². The van der Waals surface area contributed by atoms with Gasteiger partial charge in [0.15, 0.2) is 0 Å². The summed E-state index contributed by atoms with van der Waals surface area (Å²) in [6.07, 6.45) is 0. The zero-order valence-electron chi connectivity index (χ0n) is 17.8. The zero-order valence-corrected chi connectivity index (χ0v) is 26.6. The maximum atomic E-state index is 11.7. The SMILES string of the molecule is CN(C)c1cccc2cccc([Te+](O)c3cccc4cccc(N(C)C)c34)c12.I[I-]I. The van der Waals surface area contributed by atoms with Gasteiger partial charge in [0.1, 0.15) is 0 Å². The minimum atomic E-state index is -2.79. The summed E-state index contributed by atoms with van der Waals surface area (Å²) in [5.41, 5.74) is 2.31. The summed E-state index contributed by atoms with van der Waals surface area (Å²) in [4.78, 5) is 4.26. The summed E-state index contributed by atoms with van der Waals surface area (Å²) < 4.78 is 13.9. The number of halogens is 3. The van der Waals surface area contributed by atoms with Gasteiger partial charge in [-0.2, -0.15) is 0 Å². The molecule has 31 heavy (non-hydrogen) atoms. The maximum absolute atomic E-state index is 11.7. The molecule has 4 aromatic carbocycles. The fraction of sp³-hybridized carbons (Fsp3) is 0.167. The molecule has 164 valence electrons. The fourth-order valence-electron chi connectivity index (χ4n) is 3.76. The van der Waals surface area contributed by atoms with Gasteiger partial charge in [-0.25, -0.2) is 0 Å². The third-order valence-corrected chi connectivity index (χ3v) is 9.39. The molecule has 7 heteroatoms. The molecule has 0 aliphatic carbocycles. The van der Waals surface area contributed by atoms with Crippen molar-refractivity contribution in [1.82, 2.24) is 0 Å². The summed E-state index contributed by atoms with van der Waals surface area (Å²) >= 11 is 2.51. The van der Waals surface area contributed by atoms with Gasteiger partial charge >= 0.3 is 225 Å². The van der Waals surface area contributed by atoms with Gasteiger partial charge in [-0.3, -0.25) is 0 Å². The van der Waals surface area contributed by atoms with E-state index < -0.39 is 20.0 Å². The van der Waals surface area contributed by atoms with E-state index in [4.69, 9.17) is 0 Å². The van der Waals surface area contributed by atoms with Crippen LogP contribution in [0.1, 0.15) is 0 Å². The van der Waals surface area contributed by atoms with Crippen LogP contribution in [0.15, 0.2) is 72.8 Å². The van der Waals surface area contributed by atoms with Gasteiger partial charge in [-0.15, -0.1) is 0 Å². The molecule has 0 aromatic heterocycles. The second-order valence-corrected chi connectivity index (χ2v) is 27.8. The molecule has 0 unspecified atom stereocenters. The Balaban J connectivity index is 0.000000858. The van der Waals surface area contributed by atoms with Gasteiger partial charge in [0.25, 0.3) is 0 Å². The first-order valence-electron chi connectivity index (χ1n) is 9.59. The van der Waals surface area contributed by atoms with Gasteiger partial charge in [0.2, 0.25) is 0 Å². The van der Waals surface area contributed by atoms with Crippen molar-refractivity contribution in [2.24, 2.45) is 0 Å². The van der Waals surface area contributed by atoms with E-state index in [2.05, 4.69) is 148 Å². The molecule has 0 saturated carbocycles. The topological polar surface area (TPSA) is 26.7 Å². The van der Waals surface area contributed by atoms with E-state index in [0.29, 0.717) is 13.3 Å². The molecule has 4 aromatic rings. The third-order valence-electron chi connectivity index (χ3n) is 5.07. The predicted molar refractivity (Wildman–Crippen MR) is 152 cm³/mol. The zero-order chi connectivity index (χ0) is 22.5. The van der Waals surface area contributed by atoms with E-state index >= 15 is 0 Å². The van der Waals surface area contributed by atoms with Crippen molar-refractivity contribution in [2.45, 2.75) is 0 Å². The molecule has 0 atom stereocenters. The average molecular weight is 866 g/mol. The molecule has 0 bridgehead atoms. The number of hydrogen-bond acceptors (Lipinski definition) is 3. The quantitative estimate of drug-likeness (QED) is 0.252. The molecule has 0 aliphatic rings. The summed E-state index contributed by atoms with van der Waals surface area (Å²) in [5, 5.41) is 4.70. The average Bonchev–Trinajstić information content (AvgIpc) is 2.77. The second-order valence-electron chi connectivity index (χ2n) is 7.39. The number of anilines is 2. The van der Waals surface area contributed by atoms with Crippen LogP contribution in [0.25, 0.3) is 21.5 Å². The fourth-order valence-corrected chi connectivity index (χ4v) is 7.99. The van der Waals surface area contributed by atoms with Crippen LogP contribution in [-0.2, 0) is 0 Å². The Morgan fingerprint density at radius 3 is 1.29 bits per heavy atom. The van der Waals surface area contributed by atoms with Crippen LogP contribution in [0.5, 0.6) is 0 Å². The molecule has 1 N–H and O–H groups in total. The van der Waals surface area contributed by atoms with Crippen molar-refractivity contribution in [3.05, 3.63) is 72.8 Å². The normalized spacial score (nSPS) is 11.0. The minimum absolute atomic E-state index is 0.530. The van der Waals surface area contributed by atoms with Crippen LogP contribution in [0.3, 0.4) is 0 Å². The Kier molecular flexibility index (Phi) is 9.80. The van der Waals surface area contributed by atoms with Crippen LogP contribution in [0, 0.1) is 0 Å². The molecule has 4 rings (SSSR count). The van der Waals surface area contributed by atoms with Crippen molar-refractivity contribution >= 4 is 97.3 Å².